The van der Waals surface area contributed by atoms with Gasteiger partial charge in [-0.05, 0) is 51.3 Å². The molecule has 1 aromatic carbocycles. The van der Waals surface area contributed by atoms with Crippen LogP contribution in [0.5, 0.6) is 0 Å². The van der Waals surface area contributed by atoms with Crippen LogP contribution in [0.25, 0.3) is 0 Å². The molecule has 1 atom stereocenters. The van der Waals surface area contributed by atoms with E-state index in [1.165, 1.54) is 6.20 Å². The van der Waals surface area contributed by atoms with Crippen molar-refractivity contribution in [3.63, 3.8) is 0 Å². The zero-order chi connectivity index (χ0) is 21.7. The first kappa shape index (κ1) is 21.3. The predicted molar refractivity (Wildman–Crippen MR) is 114 cm³/mol. The number of pyridine rings is 1. The number of aromatic nitrogens is 1. The molecule has 1 aromatic heterocycles. The van der Waals surface area contributed by atoms with E-state index in [-0.39, 0.29) is 5.56 Å². The summed E-state index contributed by atoms with van der Waals surface area (Å²) in [6.45, 7) is 7.33. The highest BCUT2D eigenvalue weighted by Crippen LogP contribution is 2.22. The molecule has 4 amide bonds. The Balaban J connectivity index is 1.65. The van der Waals surface area contributed by atoms with E-state index in [9.17, 15) is 14.4 Å². The van der Waals surface area contributed by atoms with Gasteiger partial charge in [-0.3, -0.25) is 15.0 Å². The van der Waals surface area contributed by atoms with Crippen molar-refractivity contribution in [2.45, 2.75) is 39.2 Å². The summed E-state index contributed by atoms with van der Waals surface area (Å²) >= 11 is 0. The summed E-state index contributed by atoms with van der Waals surface area (Å²) in [5.74, 6) is -0.283. The molecule has 0 bridgehead atoms. The molecular formula is C22H27N5O3. The Hall–Kier alpha value is -3.42. The minimum absolute atomic E-state index is 0.268. The van der Waals surface area contributed by atoms with Crippen LogP contribution in [0, 0.1) is 0 Å². The molecule has 1 aliphatic rings. The number of amides is 4. The van der Waals surface area contributed by atoms with Crippen molar-refractivity contribution in [3.05, 3.63) is 59.8 Å². The average Bonchev–Trinajstić information content (AvgIpc) is 2.97. The van der Waals surface area contributed by atoms with E-state index in [1.807, 2.05) is 44.2 Å². The van der Waals surface area contributed by atoms with Gasteiger partial charge in [-0.15, -0.1) is 0 Å². The summed E-state index contributed by atoms with van der Waals surface area (Å²) in [7, 11) is 0. The smallest absolute Gasteiger partial charge is 0.344 e. The lowest BCUT2D eigenvalue weighted by molar-refractivity contribution is -0.132. The zero-order valence-corrected chi connectivity index (χ0v) is 17.5. The van der Waals surface area contributed by atoms with Crippen LogP contribution < -0.4 is 15.6 Å². The van der Waals surface area contributed by atoms with Gasteiger partial charge in [-0.1, -0.05) is 30.3 Å². The van der Waals surface area contributed by atoms with E-state index < -0.39 is 23.4 Å². The largest absolute Gasteiger partial charge is 0.357 e. The molecule has 0 saturated carbocycles. The minimum Gasteiger partial charge on any atom is -0.357 e. The number of nitrogens with zero attached hydrogens (tertiary/aromatic N) is 3. The van der Waals surface area contributed by atoms with Crippen LogP contribution in [0.4, 0.5) is 10.6 Å². The van der Waals surface area contributed by atoms with Crippen molar-refractivity contribution in [2.24, 2.45) is 0 Å². The first-order chi connectivity index (χ1) is 14.4. The minimum atomic E-state index is -1.08. The van der Waals surface area contributed by atoms with Gasteiger partial charge >= 0.3 is 6.03 Å². The third-order valence-electron chi connectivity index (χ3n) is 5.33. The maximum absolute atomic E-state index is 12.9. The molecule has 30 heavy (non-hydrogen) atoms. The molecule has 2 heterocycles. The van der Waals surface area contributed by atoms with Crippen LogP contribution in [-0.4, -0.2) is 46.5 Å². The first-order valence-corrected chi connectivity index (χ1v) is 10.1. The van der Waals surface area contributed by atoms with E-state index in [1.54, 1.807) is 19.1 Å². The highest BCUT2D eigenvalue weighted by molar-refractivity contribution is 6.09. The Bertz CT molecular complexity index is 912. The summed E-state index contributed by atoms with van der Waals surface area (Å²) in [6, 6.07) is 12.5. The number of rotatable bonds is 8. The summed E-state index contributed by atoms with van der Waals surface area (Å²) in [5.41, 5.74) is 2.67. The molecule has 2 aromatic rings. The molecule has 2 N–H and O–H groups in total. The molecule has 8 heteroatoms. The Morgan fingerprint density at radius 1 is 1.13 bits per heavy atom. The summed E-state index contributed by atoms with van der Waals surface area (Å²) in [4.78, 5) is 44.1. The summed E-state index contributed by atoms with van der Waals surface area (Å²) in [6.07, 6.45) is 2.49. The zero-order valence-electron chi connectivity index (χ0n) is 17.5. The van der Waals surface area contributed by atoms with Crippen LogP contribution in [0.15, 0.2) is 48.7 Å². The fourth-order valence-corrected chi connectivity index (χ4v) is 3.42. The molecule has 0 aliphatic carbocycles. The van der Waals surface area contributed by atoms with Crippen molar-refractivity contribution in [1.29, 1.82) is 0 Å². The van der Waals surface area contributed by atoms with Crippen LogP contribution in [0.2, 0.25) is 0 Å². The van der Waals surface area contributed by atoms with Crippen molar-refractivity contribution < 1.29 is 14.4 Å². The van der Waals surface area contributed by atoms with Crippen molar-refractivity contribution in [3.8, 4) is 0 Å². The van der Waals surface area contributed by atoms with E-state index in [4.69, 9.17) is 0 Å². The molecule has 158 valence electrons. The van der Waals surface area contributed by atoms with Crippen LogP contribution in [0.3, 0.4) is 0 Å². The van der Waals surface area contributed by atoms with Crippen molar-refractivity contribution in [2.75, 3.05) is 18.0 Å². The number of hydrogen-bond acceptors (Lipinski definition) is 5. The van der Waals surface area contributed by atoms with Gasteiger partial charge in [0.05, 0.1) is 5.56 Å². The van der Waals surface area contributed by atoms with Crippen molar-refractivity contribution >= 4 is 23.7 Å². The van der Waals surface area contributed by atoms with E-state index in [2.05, 4.69) is 20.6 Å². The first-order valence-electron chi connectivity index (χ1n) is 10.1. The second-order valence-electron chi connectivity index (χ2n) is 7.41. The van der Waals surface area contributed by atoms with Gasteiger partial charge in [0, 0.05) is 19.3 Å². The SMILES string of the molecule is CCN(CC)c1ccc(C(=O)NN2C(=O)NC(C)(CCc3ccccc3)C2=O)cn1. The van der Waals surface area contributed by atoms with Crippen molar-refractivity contribution in [1.82, 2.24) is 20.7 Å². The van der Waals surface area contributed by atoms with Crippen LogP contribution in [-0.2, 0) is 11.2 Å². The van der Waals surface area contributed by atoms with E-state index >= 15 is 0 Å². The second kappa shape index (κ2) is 8.94. The fraction of sp³-hybridized carbons (Fsp3) is 0.364. The Morgan fingerprint density at radius 2 is 1.83 bits per heavy atom. The predicted octanol–water partition coefficient (Wildman–Crippen LogP) is 2.52. The number of aryl methyl sites for hydroxylation is 1. The number of hydrogen-bond donors (Lipinski definition) is 2. The maximum atomic E-state index is 12.9. The molecule has 3 rings (SSSR count). The summed E-state index contributed by atoms with van der Waals surface area (Å²) < 4.78 is 0. The summed E-state index contributed by atoms with van der Waals surface area (Å²) in [5, 5.41) is 3.45. The van der Waals surface area contributed by atoms with Gasteiger partial charge in [0.2, 0.25) is 0 Å². The lowest BCUT2D eigenvalue weighted by Gasteiger charge is -2.22. The number of carbonyl (C=O) groups is 3. The van der Waals surface area contributed by atoms with Gasteiger partial charge in [-0.2, -0.15) is 5.01 Å². The van der Waals surface area contributed by atoms with Crippen LogP contribution >= 0.6 is 0 Å². The second-order valence-corrected chi connectivity index (χ2v) is 7.41. The third-order valence-corrected chi connectivity index (χ3v) is 5.33. The van der Waals surface area contributed by atoms with Crippen LogP contribution in [0.1, 0.15) is 43.1 Å². The van der Waals surface area contributed by atoms with E-state index in [0.29, 0.717) is 12.8 Å². The molecule has 8 nitrogen and oxygen atoms in total. The van der Waals surface area contributed by atoms with Gasteiger partial charge < -0.3 is 10.2 Å². The average molecular weight is 409 g/mol. The molecule has 1 aliphatic heterocycles. The number of benzene rings is 1. The molecule has 0 spiro atoms. The maximum Gasteiger partial charge on any atom is 0.344 e. The molecule has 1 fully saturated rings. The monoisotopic (exact) mass is 409 g/mol. The van der Waals surface area contributed by atoms with E-state index in [0.717, 1.165) is 29.5 Å². The lowest BCUT2D eigenvalue weighted by Crippen LogP contribution is -2.49. The number of nitrogens with one attached hydrogen (secondary N) is 2. The van der Waals surface area contributed by atoms with Gasteiger partial charge in [0.1, 0.15) is 11.4 Å². The van der Waals surface area contributed by atoms with Gasteiger partial charge in [0.15, 0.2) is 0 Å². The number of hydrazine groups is 1. The number of anilines is 1. The third kappa shape index (κ3) is 4.42. The van der Waals surface area contributed by atoms with Gasteiger partial charge in [0.25, 0.3) is 11.8 Å². The molecular weight excluding hydrogens is 382 g/mol. The Morgan fingerprint density at radius 3 is 2.43 bits per heavy atom. The van der Waals surface area contributed by atoms with Gasteiger partial charge in [-0.25, -0.2) is 9.78 Å². The Labute approximate surface area is 176 Å². The normalized spacial score (nSPS) is 18.3. The number of carbonyl (C=O) groups excluding carboxylic acids is 3. The number of urea groups is 1. The topological polar surface area (TPSA) is 94.6 Å². The molecule has 0 radical (unpaired) electrons. The molecule has 1 saturated heterocycles. The quantitative estimate of drug-likeness (QED) is 0.654. The fourth-order valence-electron chi connectivity index (χ4n) is 3.42. The lowest BCUT2D eigenvalue weighted by atomic mass is 9.93. The highest BCUT2D eigenvalue weighted by Gasteiger charge is 2.48. The number of imide groups is 1. The standard InChI is InChI=1S/C22H27N5O3/c1-4-26(5-2)18-12-11-17(15-23-18)19(28)25-27-20(29)22(3,24-21(27)30)14-13-16-9-7-6-8-10-16/h6-12,15H,4-5,13-14H2,1-3H3,(H,24,30)(H,25,28). The molecule has 1 unspecified atom stereocenters. The highest BCUT2D eigenvalue weighted by atomic mass is 16.2. The Kier molecular flexibility index (Phi) is 6.34.